The molecule has 1 aliphatic heterocycles. The predicted molar refractivity (Wildman–Crippen MR) is 130 cm³/mol. The van der Waals surface area contributed by atoms with Crippen LogP contribution in [0.4, 0.5) is 5.69 Å². The van der Waals surface area contributed by atoms with Gasteiger partial charge in [-0.2, -0.15) is 0 Å². The number of nitrogens with zero attached hydrogens (tertiary/aromatic N) is 3. The van der Waals surface area contributed by atoms with Gasteiger partial charge in [-0.3, -0.25) is 0 Å². The largest absolute Gasteiger partial charge is 0.388 e. The molecule has 11 heteroatoms. The summed E-state index contributed by atoms with van der Waals surface area (Å²) >= 11 is 4.49. The second kappa shape index (κ2) is 15.0. The zero-order valence-electron chi connectivity index (χ0n) is 17.6. The molecule has 2 aromatic heterocycles. The third-order valence-corrected chi connectivity index (χ3v) is 6.79. The van der Waals surface area contributed by atoms with Crippen molar-refractivity contribution < 1.29 is 14.3 Å². The lowest BCUT2D eigenvalue weighted by Crippen LogP contribution is -2.32. The Labute approximate surface area is 194 Å². The van der Waals surface area contributed by atoms with E-state index in [4.69, 9.17) is 4.74 Å². The van der Waals surface area contributed by atoms with Crippen molar-refractivity contribution in [2.24, 2.45) is 0 Å². The summed E-state index contributed by atoms with van der Waals surface area (Å²) in [6.45, 7) is 4.02. The summed E-state index contributed by atoms with van der Waals surface area (Å²) in [6, 6.07) is 6.05. The van der Waals surface area contributed by atoms with Crippen LogP contribution in [-0.4, -0.2) is 84.3 Å². The van der Waals surface area contributed by atoms with Gasteiger partial charge < -0.3 is 29.5 Å². The Kier molecular flexibility index (Phi) is 12.2. The predicted octanol–water partition coefficient (Wildman–Crippen LogP) is 3.28. The monoisotopic (exact) mass is 481 g/mol. The van der Waals surface area contributed by atoms with Gasteiger partial charge in [0.05, 0.1) is 34.9 Å². The first-order chi connectivity index (χ1) is 15.2. The minimum Gasteiger partial charge on any atom is -0.388 e. The summed E-state index contributed by atoms with van der Waals surface area (Å²) in [5.74, 6) is 0.937. The molecule has 168 valence electrons. The maximum absolute atomic E-state index is 10.2. The molecule has 31 heavy (non-hydrogen) atoms. The van der Waals surface area contributed by atoms with E-state index in [2.05, 4.69) is 38.3 Å². The molecule has 0 atom stereocenters. The van der Waals surface area contributed by atoms with Gasteiger partial charge >= 0.3 is 0 Å². The molecular weight excluding hydrogens is 454 g/mol. The first-order valence-corrected chi connectivity index (χ1v) is 12.4. The minimum atomic E-state index is 0.466. The van der Waals surface area contributed by atoms with E-state index in [1.54, 1.807) is 23.7 Å². The van der Waals surface area contributed by atoms with E-state index in [0.717, 1.165) is 64.3 Å². The van der Waals surface area contributed by atoms with Gasteiger partial charge in [0.1, 0.15) is 12.6 Å². The molecule has 0 saturated carbocycles. The van der Waals surface area contributed by atoms with Crippen molar-refractivity contribution in [2.45, 2.75) is 9.50 Å². The highest BCUT2D eigenvalue weighted by molar-refractivity contribution is 8.01. The summed E-state index contributed by atoms with van der Waals surface area (Å²) < 4.78 is 7.20. The third-order valence-electron chi connectivity index (χ3n) is 3.93. The van der Waals surface area contributed by atoms with Crippen molar-refractivity contribution >= 4 is 63.3 Å². The Morgan fingerprint density at radius 1 is 1.23 bits per heavy atom. The van der Waals surface area contributed by atoms with Crippen LogP contribution in [-0.2, 0) is 14.3 Å². The number of imidazole rings is 1. The van der Waals surface area contributed by atoms with Crippen LogP contribution in [0, 0.1) is 0 Å². The number of H-pyrrole nitrogens is 1. The Bertz CT molecular complexity index is 899. The number of thiazole rings is 1. The van der Waals surface area contributed by atoms with E-state index in [1.165, 1.54) is 23.5 Å². The van der Waals surface area contributed by atoms with Crippen molar-refractivity contribution in [1.82, 2.24) is 19.9 Å². The van der Waals surface area contributed by atoms with Crippen LogP contribution in [0.1, 0.15) is 0 Å². The molecule has 3 aromatic rings. The average molecular weight is 482 g/mol. The van der Waals surface area contributed by atoms with Crippen LogP contribution in [0.3, 0.4) is 0 Å². The number of hydrogen-bond donors (Lipinski definition) is 2. The van der Waals surface area contributed by atoms with Gasteiger partial charge in [-0.25, -0.2) is 9.97 Å². The molecule has 0 unspecified atom stereocenters. The van der Waals surface area contributed by atoms with Gasteiger partial charge in [-0.05, 0) is 25.2 Å². The summed E-state index contributed by atoms with van der Waals surface area (Å²) in [7, 11) is 4.01. The number of aldehydes is 2. The fraction of sp³-hybridized carbons (Fsp3) is 0.400. The standard InChI is InChI=1S/C10H10N2OS2.C5H6N2OS.C5H11NO/c1-11-7-2-3-8-9(6-7)15-10(12-8)14-5-4-13;8-3-4-9-5-6-1-2-7-5;1-6-2-4-7-5-3-6/h2-4,6,11H,5H2,1H3;1-3H,4H2,(H,6,7);2-5H2,1H3. The number of fused-ring (bicyclic) bond motifs is 1. The molecular formula is C20H27N5O3S3. The quantitative estimate of drug-likeness (QED) is 0.389. The number of anilines is 1. The summed E-state index contributed by atoms with van der Waals surface area (Å²) in [4.78, 5) is 33.5. The number of thioether (sulfide) groups is 2. The Balaban J connectivity index is 0.000000181. The number of carbonyl (C=O) groups excluding carboxylic acids is 2. The van der Waals surface area contributed by atoms with Crippen molar-refractivity contribution in [3.8, 4) is 0 Å². The van der Waals surface area contributed by atoms with E-state index in [9.17, 15) is 9.59 Å². The van der Waals surface area contributed by atoms with Crippen LogP contribution < -0.4 is 5.32 Å². The van der Waals surface area contributed by atoms with Crippen LogP contribution in [0.5, 0.6) is 0 Å². The van der Waals surface area contributed by atoms with Gasteiger partial charge in [0, 0.05) is 38.2 Å². The molecule has 0 aliphatic carbocycles. The van der Waals surface area contributed by atoms with E-state index < -0.39 is 0 Å². The lowest BCUT2D eigenvalue weighted by atomic mass is 10.3. The van der Waals surface area contributed by atoms with Gasteiger partial charge in [-0.15, -0.1) is 11.3 Å². The van der Waals surface area contributed by atoms with Crippen molar-refractivity contribution in [3.05, 3.63) is 30.6 Å². The van der Waals surface area contributed by atoms with E-state index >= 15 is 0 Å². The van der Waals surface area contributed by atoms with E-state index in [-0.39, 0.29) is 0 Å². The molecule has 0 radical (unpaired) electrons. The molecule has 3 heterocycles. The number of nitrogens with one attached hydrogen (secondary N) is 2. The van der Waals surface area contributed by atoms with Gasteiger partial charge in [0.15, 0.2) is 9.50 Å². The number of carbonyl (C=O) groups is 2. The second-order valence-electron chi connectivity index (χ2n) is 6.18. The zero-order chi connectivity index (χ0) is 22.3. The summed E-state index contributed by atoms with van der Waals surface area (Å²) in [6.07, 6.45) is 5.14. The lowest BCUT2D eigenvalue weighted by Gasteiger charge is -2.21. The average Bonchev–Trinajstić information content (AvgIpc) is 3.46. The van der Waals surface area contributed by atoms with Crippen molar-refractivity contribution in [2.75, 3.05) is 57.2 Å². The maximum atomic E-state index is 10.2. The molecule has 8 nitrogen and oxygen atoms in total. The third kappa shape index (κ3) is 9.83. The number of hydrogen-bond acceptors (Lipinski definition) is 10. The highest BCUT2D eigenvalue weighted by atomic mass is 32.2. The van der Waals surface area contributed by atoms with Crippen LogP contribution in [0.2, 0.25) is 0 Å². The van der Waals surface area contributed by atoms with Crippen molar-refractivity contribution in [3.63, 3.8) is 0 Å². The van der Waals surface area contributed by atoms with Crippen molar-refractivity contribution in [1.29, 1.82) is 0 Å². The van der Waals surface area contributed by atoms with Crippen LogP contribution >= 0.6 is 34.9 Å². The Hall–Kier alpha value is -1.92. The van der Waals surface area contributed by atoms with Gasteiger partial charge in [0.25, 0.3) is 0 Å². The molecule has 1 fully saturated rings. The normalized spacial score (nSPS) is 13.5. The second-order valence-corrected chi connectivity index (χ2v) is 9.48. The number of likely N-dealkylation sites (N-methyl/N-ethyl adjacent to an activating group) is 1. The number of aromatic amines is 1. The number of ether oxygens (including phenoxy) is 1. The fourth-order valence-electron chi connectivity index (χ4n) is 2.32. The lowest BCUT2D eigenvalue weighted by molar-refractivity contribution is -0.106. The first-order valence-electron chi connectivity index (χ1n) is 9.63. The molecule has 1 saturated heterocycles. The molecule has 4 rings (SSSR count). The highest BCUT2D eigenvalue weighted by Gasteiger charge is 2.04. The van der Waals surface area contributed by atoms with Gasteiger partial charge in [-0.1, -0.05) is 23.5 Å². The molecule has 2 N–H and O–H groups in total. The first kappa shape index (κ1) is 25.3. The number of morpholine rings is 1. The van der Waals surface area contributed by atoms with E-state index in [1.807, 2.05) is 19.2 Å². The molecule has 0 spiro atoms. The maximum Gasteiger partial charge on any atom is 0.165 e. The fourth-order valence-corrected chi connectivity index (χ4v) is 4.65. The SMILES string of the molecule is CN1CCOCC1.CNc1ccc2nc(SCC=O)sc2c1.O=CCSc1ncc[nH]1. The summed E-state index contributed by atoms with van der Waals surface area (Å²) in [5.41, 5.74) is 2.07. The molecule has 0 amide bonds. The Morgan fingerprint density at radius 2 is 1.97 bits per heavy atom. The zero-order valence-corrected chi connectivity index (χ0v) is 20.0. The smallest absolute Gasteiger partial charge is 0.165 e. The summed E-state index contributed by atoms with van der Waals surface area (Å²) in [5, 5.41) is 3.88. The Morgan fingerprint density at radius 3 is 2.55 bits per heavy atom. The molecule has 1 aromatic carbocycles. The van der Waals surface area contributed by atoms with Crippen LogP contribution in [0.25, 0.3) is 10.2 Å². The number of aromatic nitrogens is 3. The topological polar surface area (TPSA) is 100 Å². The minimum absolute atomic E-state index is 0.466. The molecule has 0 bridgehead atoms. The number of rotatable bonds is 7. The highest BCUT2D eigenvalue weighted by Crippen LogP contribution is 2.30. The molecule has 1 aliphatic rings. The van der Waals surface area contributed by atoms with Gasteiger partial charge in [0.2, 0.25) is 0 Å². The van der Waals surface area contributed by atoms with Crippen LogP contribution in [0.15, 0.2) is 40.1 Å². The number of benzene rings is 1. The van der Waals surface area contributed by atoms with E-state index in [0.29, 0.717) is 11.5 Å².